The third-order valence-electron chi connectivity index (χ3n) is 4.11. The van der Waals surface area contributed by atoms with Crippen LogP contribution in [0.15, 0.2) is 22.7 Å². The van der Waals surface area contributed by atoms with Crippen LogP contribution in [0.2, 0.25) is 0 Å². The predicted octanol–water partition coefficient (Wildman–Crippen LogP) is 4.39. The molecular weight excluding hydrogens is 355 g/mol. The molecule has 1 heterocycles. The summed E-state index contributed by atoms with van der Waals surface area (Å²) in [4.78, 5) is 2.54. The highest BCUT2D eigenvalue weighted by Crippen LogP contribution is 2.33. The molecule has 0 aliphatic carbocycles. The van der Waals surface area contributed by atoms with Crippen LogP contribution >= 0.6 is 28.3 Å². The van der Waals surface area contributed by atoms with Crippen molar-refractivity contribution < 1.29 is 4.39 Å². The van der Waals surface area contributed by atoms with E-state index >= 15 is 0 Å². The van der Waals surface area contributed by atoms with Gasteiger partial charge in [-0.05, 0) is 46.0 Å². The Morgan fingerprint density at radius 1 is 1.33 bits per heavy atom. The number of halogens is 3. The quantitative estimate of drug-likeness (QED) is 0.816. The molecule has 2 nitrogen and oxygen atoms in total. The lowest BCUT2D eigenvalue weighted by Crippen LogP contribution is -2.46. The van der Waals surface area contributed by atoms with Crippen molar-refractivity contribution in [2.24, 2.45) is 5.92 Å². The zero-order chi connectivity index (χ0) is 14.5. The normalized spacial score (nSPS) is 18.9. The molecule has 1 N–H and O–H groups in total. The zero-order valence-electron chi connectivity index (χ0n) is 12.7. The molecule has 21 heavy (non-hydrogen) atoms. The largest absolute Gasteiger partial charge is 0.314 e. The first-order valence-corrected chi connectivity index (χ1v) is 8.32. The van der Waals surface area contributed by atoms with Crippen LogP contribution in [-0.4, -0.2) is 31.1 Å². The maximum Gasteiger partial charge on any atom is 0.137 e. The first kappa shape index (κ1) is 18.9. The lowest BCUT2D eigenvalue weighted by Gasteiger charge is -2.38. The van der Waals surface area contributed by atoms with E-state index in [-0.39, 0.29) is 18.2 Å². The molecule has 0 bridgehead atoms. The fourth-order valence-electron chi connectivity index (χ4n) is 3.17. The van der Waals surface area contributed by atoms with Gasteiger partial charge in [0, 0.05) is 32.2 Å². The summed E-state index contributed by atoms with van der Waals surface area (Å²) in [6.07, 6.45) is 2.38. The highest BCUT2D eigenvalue weighted by atomic mass is 79.9. The van der Waals surface area contributed by atoms with Gasteiger partial charge in [-0.25, -0.2) is 4.39 Å². The first-order valence-electron chi connectivity index (χ1n) is 7.53. The van der Waals surface area contributed by atoms with Gasteiger partial charge >= 0.3 is 0 Å². The number of hydrogen-bond donors (Lipinski definition) is 1. The summed E-state index contributed by atoms with van der Waals surface area (Å²) in [5.74, 6) is 0.395. The SMILES string of the molecule is CCCC(C)[C@@H](c1ccc(F)c(Br)c1)N1CCNCC1.Cl. The summed E-state index contributed by atoms with van der Waals surface area (Å²) in [6.45, 7) is 8.75. The Hall–Kier alpha value is -0.160. The number of nitrogens with zero attached hydrogens (tertiary/aromatic N) is 1. The molecule has 1 aliphatic rings. The van der Waals surface area contributed by atoms with Crippen LogP contribution in [0.5, 0.6) is 0 Å². The molecule has 1 aromatic carbocycles. The van der Waals surface area contributed by atoms with Crippen molar-refractivity contribution in [1.29, 1.82) is 0 Å². The van der Waals surface area contributed by atoms with Crippen molar-refractivity contribution in [3.8, 4) is 0 Å². The van der Waals surface area contributed by atoms with Crippen molar-refractivity contribution in [1.82, 2.24) is 10.2 Å². The van der Waals surface area contributed by atoms with Gasteiger partial charge < -0.3 is 5.32 Å². The van der Waals surface area contributed by atoms with Crippen LogP contribution in [-0.2, 0) is 0 Å². The molecule has 0 aromatic heterocycles. The fraction of sp³-hybridized carbons (Fsp3) is 0.625. The molecule has 1 unspecified atom stereocenters. The number of benzene rings is 1. The molecule has 0 amide bonds. The van der Waals surface area contributed by atoms with Gasteiger partial charge in [0.15, 0.2) is 0 Å². The van der Waals surface area contributed by atoms with Gasteiger partial charge in [0.25, 0.3) is 0 Å². The summed E-state index contributed by atoms with van der Waals surface area (Å²) in [6, 6.07) is 5.86. The van der Waals surface area contributed by atoms with Crippen LogP contribution in [0, 0.1) is 11.7 Å². The Balaban J connectivity index is 0.00000220. The molecule has 5 heteroatoms. The van der Waals surface area contributed by atoms with E-state index in [9.17, 15) is 4.39 Å². The predicted molar refractivity (Wildman–Crippen MR) is 92.6 cm³/mol. The molecule has 2 atom stereocenters. The molecule has 1 aromatic rings. The van der Waals surface area contributed by atoms with Crippen LogP contribution in [0.4, 0.5) is 4.39 Å². The average molecular weight is 380 g/mol. The number of nitrogens with one attached hydrogen (secondary N) is 1. The van der Waals surface area contributed by atoms with E-state index in [1.54, 1.807) is 6.07 Å². The molecule has 1 fully saturated rings. The maximum absolute atomic E-state index is 13.5. The Labute approximate surface area is 142 Å². The lowest BCUT2D eigenvalue weighted by molar-refractivity contribution is 0.126. The maximum atomic E-state index is 13.5. The highest BCUT2D eigenvalue weighted by Gasteiger charge is 2.27. The van der Waals surface area contributed by atoms with Gasteiger partial charge in [0.1, 0.15) is 5.82 Å². The van der Waals surface area contributed by atoms with E-state index in [1.807, 2.05) is 12.1 Å². The van der Waals surface area contributed by atoms with Gasteiger partial charge in [-0.2, -0.15) is 0 Å². The monoisotopic (exact) mass is 378 g/mol. The van der Waals surface area contributed by atoms with E-state index in [0.29, 0.717) is 16.4 Å². The van der Waals surface area contributed by atoms with Crippen LogP contribution in [0.25, 0.3) is 0 Å². The number of hydrogen-bond acceptors (Lipinski definition) is 2. The molecule has 0 saturated carbocycles. The molecule has 0 radical (unpaired) electrons. The fourth-order valence-corrected chi connectivity index (χ4v) is 3.57. The lowest BCUT2D eigenvalue weighted by atomic mass is 9.89. The number of piperazine rings is 1. The van der Waals surface area contributed by atoms with Gasteiger partial charge in [0.2, 0.25) is 0 Å². The molecular formula is C16H25BrClFN2. The zero-order valence-corrected chi connectivity index (χ0v) is 15.1. The topological polar surface area (TPSA) is 15.3 Å². The van der Waals surface area contributed by atoms with Crippen LogP contribution in [0.1, 0.15) is 38.3 Å². The first-order chi connectivity index (χ1) is 9.63. The van der Waals surface area contributed by atoms with Crippen molar-refractivity contribution in [3.63, 3.8) is 0 Å². The minimum Gasteiger partial charge on any atom is -0.314 e. The van der Waals surface area contributed by atoms with Crippen molar-refractivity contribution in [3.05, 3.63) is 34.1 Å². The van der Waals surface area contributed by atoms with E-state index < -0.39 is 0 Å². The second kappa shape index (κ2) is 9.09. The van der Waals surface area contributed by atoms with Gasteiger partial charge in [-0.1, -0.05) is 26.3 Å². The van der Waals surface area contributed by atoms with Crippen LogP contribution < -0.4 is 5.32 Å². The minimum atomic E-state index is -0.184. The van der Waals surface area contributed by atoms with E-state index in [1.165, 1.54) is 18.4 Å². The molecule has 0 spiro atoms. The number of rotatable bonds is 5. The van der Waals surface area contributed by atoms with Gasteiger partial charge in [0.05, 0.1) is 4.47 Å². The Bertz CT molecular complexity index is 438. The van der Waals surface area contributed by atoms with E-state index in [2.05, 4.69) is 40.0 Å². The highest BCUT2D eigenvalue weighted by molar-refractivity contribution is 9.10. The summed E-state index contributed by atoms with van der Waals surface area (Å²) in [7, 11) is 0. The Morgan fingerprint density at radius 3 is 2.57 bits per heavy atom. The minimum absolute atomic E-state index is 0. The summed E-state index contributed by atoms with van der Waals surface area (Å²) in [5.41, 5.74) is 1.22. The van der Waals surface area contributed by atoms with Crippen molar-refractivity contribution >= 4 is 28.3 Å². The van der Waals surface area contributed by atoms with Crippen molar-refractivity contribution in [2.75, 3.05) is 26.2 Å². The van der Waals surface area contributed by atoms with E-state index in [0.717, 1.165) is 26.2 Å². The molecule has 1 aliphatic heterocycles. The van der Waals surface area contributed by atoms with E-state index in [4.69, 9.17) is 0 Å². The van der Waals surface area contributed by atoms with Gasteiger partial charge in [-0.15, -0.1) is 12.4 Å². The Morgan fingerprint density at radius 2 is 2.00 bits per heavy atom. The Kier molecular flexibility index (Phi) is 8.17. The van der Waals surface area contributed by atoms with Crippen molar-refractivity contribution in [2.45, 2.75) is 32.7 Å². The summed E-state index contributed by atoms with van der Waals surface area (Å²) >= 11 is 3.32. The second-order valence-electron chi connectivity index (χ2n) is 5.67. The molecule has 120 valence electrons. The average Bonchev–Trinajstić information content (AvgIpc) is 2.44. The third-order valence-corrected chi connectivity index (χ3v) is 4.72. The smallest absolute Gasteiger partial charge is 0.137 e. The molecule has 1 saturated heterocycles. The standard InChI is InChI=1S/C16H24BrFN2.ClH/c1-3-4-12(2)16(20-9-7-19-8-10-20)13-5-6-15(18)14(17)11-13;/h5-6,11-12,16,19H,3-4,7-10H2,1-2H3;1H/t12?,16-;/m0./s1. The third kappa shape index (κ3) is 4.92. The van der Waals surface area contributed by atoms with Crippen LogP contribution in [0.3, 0.4) is 0 Å². The molecule has 2 rings (SSSR count). The second-order valence-corrected chi connectivity index (χ2v) is 6.52. The summed E-state index contributed by atoms with van der Waals surface area (Å²) in [5, 5.41) is 3.40. The summed E-state index contributed by atoms with van der Waals surface area (Å²) < 4.78 is 14.1. The van der Waals surface area contributed by atoms with Gasteiger partial charge in [-0.3, -0.25) is 4.90 Å².